The molecule has 1 aromatic carbocycles. The largest absolute Gasteiger partial charge is 0.503 e. The van der Waals surface area contributed by atoms with Gasteiger partial charge in [0.1, 0.15) is 16.8 Å². The molecule has 1 N–H and O–H groups in total. The standard InChI is InChI=1S/C23H23N3O4S/c1-14-21(31-22(24-14)15-8-5-4-6-9-15)19(27)17-18(16-10-7-13-30-16)26(12-11-25(2)3)23(29)20(17)28/h4-10,13,18,28H,11-12H2,1-3H3. The van der Waals surface area contributed by atoms with Crippen molar-refractivity contribution in [3.8, 4) is 10.6 Å². The van der Waals surface area contributed by atoms with Crippen molar-refractivity contribution < 1.29 is 19.1 Å². The van der Waals surface area contributed by atoms with E-state index in [-0.39, 0.29) is 5.57 Å². The number of nitrogens with zero attached hydrogens (tertiary/aromatic N) is 3. The van der Waals surface area contributed by atoms with Crippen molar-refractivity contribution in [3.63, 3.8) is 0 Å². The molecule has 1 aliphatic heterocycles. The van der Waals surface area contributed by atoms with Gasteiger partial charge < -0.3 is 19.3 Å². The maximum Gasteiger partial charge on any atom is 0.290 e. The highest BCUT2D eigenvalue weighted by Gasteiger charge is 2.45. The predicted octanol–water partition coefficient (Wildman–Crippen LogP) is 3.85. The number of hydrogen-bond acceptors (Lipinski definition) is 7. The van der Waals surface area contributed by atoms with E-state index in [1.54, 1.807) is 19.1 Å². The molecule has 1 aliphatic rings. The van der Waals surface area contributed by atoms with Gasteiger partial charge in [0.15, 0.2) is 5.76 Å². The van der Waals surface area contributed by atoms with Gasteiger partial charge in [0.05, 0.1) is 22.4 Å². The van der Waals surface area contributed by atoms with Crippen molar-refractivity contribution in [1.29, 1.82) is 0 Å². The molecule has 1 unspecified atom stereocenters. The number of carbonyl (C=O) groups excluding carboxylic acids is 2. The molecule has 0 bridgehead atoms. The lowest BCUT2D eigenvalue weighted by molar-refractivity contribution is -0.129. The molecule has 0 saturated carbocycles. The van der Waals surface area contributed by atoms with Gasteiger partial charge in [-0.3, -0.25) is 9.59 Å². The minimum Gasteiger partial charge on any atom is -0.503 e. The van der Waals surface area contributed by atoms with Crippen LogP contribution in [0.5, 0.6) is 0 Å². The van der Waals surface area contributed by atoms with Gasteiger partial charge >= 0.3 is 0 Å². The topological polar surface area (TPSA) is 86.9 Å². The lowest BCUT2D eigenvalue weighted by Gasteiger charge is -2.26. The molecule has 0 aliphatic carbocycles. The fourth-order valence-corrected chi connectivity index (χ4v) is 4.63. The van der Waals surface area contributed by atoms with E-state index >= 15 is 0 Å². The van der Waals surface area contributed by atoms with E-state index in [1.807, 2.05) is 49.3 Å². The Morgan fingerprint density at radius 2 is 1.97 bits per heavy atom. The smallest absolute Gasteiger partial charge is 0.290 e. The van der Waals surface area contributed by atoms with Crippen molar-refractivity contribution in [2.75, 3.05) is 27.2 Å². The Balaban J connectivity index is 1.74. The van der Waals surface area contributed by atoms with Crippen molar-refractivity contribution >= 4 is 23.0 Å². The minimum atomic E-state index is -0.781. The van der Waals surface area contributed by atoms with E-state index in [4.69, 9.17) is 4.42 Å². The van der Waals surface area contributed by atoms with E-state index in [0.29, 0.717) is 34.4 Å². The number of hydrogen-bond donors (Lipinski definition) is 1. The number of aromatic nitrogens is 1. The Bertz CT molecular complexity index is 1130. The van der Waals surface area contributed by atoms with Crippen LogP contribution in [-0.4, -0.2) is 58.8 Å². The van der Waals surface area contributed by atoms with E-state index in [1.165, 1.54) is 22.5 Å². The number of ketones is 1. The summed E-state index contributed by atoms with van der Waals surface area (Å²) in [4.78, 5) is 34.8. The van der Waals surface area contributed by atoms with Gasteiger partial charge in [-0.15, -0.1) is 11.3 Å². The number of amides is 1. The molecular formula is C23H23N3O4S. The second-order valence-electron chi connectivity index (χ2n) is 7.61. The lowest BCUT2D eigenvalue weighted by Crippen LogP contribution is -2.36. The molecule has 31 heavy (non-hydrogen) atoms. The molecule has 7 nitrogen and oxygen atoms in total. The molecule has 1 atom stereocenters. The number of benzene rings is 1. The molecule has 4 rings (SSSR count). The van der Waals surface area contributed by atoms with E-state index in [2.05, 4.69) is 4.98 Å². The first kappa shape index (κ1) is 21.0. The normalized spacial score (nSPS) is 16.6. The first-order valence-corrected chi connectivity index (χ1v) is 10.7. The minimum absolute atomic E-state index is 0.0325. The van der Waals surface area contributed by atoms with Crippen molar-refractivity contribution in [2.45, 2.75) is 13.0 Å². The molecule has 0 saturated heterocycles. The van der Waals surface area contributed by atoms with Crippen molar-refractivity contribution in [2.24, 2.45) is 0 Å². The Morgan fingerprint density at radius 1 is 1.23 bits per heavy atom. The fourth-order valence-electron chi connectivity index (χ4n) is 3.60. The molecule has 0 fully saturated rings. The molecule has 0 spiro atoms. The van der Waals surface area contributed by atoms with Gasteiger partial charge in [0.2, 0.25) is 5.78 Å². The summed E-state index contributed by atoms with van der Waals surface area (Å²) in [7, 11) is 3.79. The quantitative estimate of drug-likeness (QED) is 0.565. The number of aliphatic hydroxyl groups excluding tert-OH is 1. The van der Waals surface area contributed by atoms with Gasteiger partial charge in [-0.05, 0) is 33.2 Å². The van der Waals surface area contributed by atoms with Crippen LogP contribution in [0.4, 0.5) is 0 Å². The summed E-state index contributed by atoms with van der Waals surface area (Å²) >= 11 is 1.25. The van der Waals surface area contributed by atoms with Crippen molar-refractivity contribution in [3.05, 3.63) is 76.4 Å². The van der Waals surface area contributed by atoms with Gasteiger partial charge in [-0.2, -0.15) is 0 Å². The van der Waals surface area contributed by atoms with Crippen molar-refractivity contribution in [1.82, 2.24) is 14.8 Å². The molecule has 160 valence electrons. The SMILES string of the molecule is Cc1nc(-c2ccccc2)sc1C(=O)C1=C(O)C(=O)N(CCN(C)C)C1c1ccco1. The van der Waals surface area contributed by atoms with Crippen LogP contribution in [0.3, 0.4) is 0 Å². The number of rotatable bonds is 7. The highest BCUT2D eigenvalue weighted by Crippen LogP contribution is 2.40. The van der Waals surface area contributed by atoms with Crippen LogP contribution in [-0.2, 0) is 4.79 Å². The summed E-state index contributed by atoms with van der Waals surface area (Å²) in [5.41, 5.74) is 1.50. The Hall–Kier alpha value is -3.23. The fraction of sp³-hybridized carbons (Fsp3) is 0.261. The van der Waals surface area contributed by atoms with Crippen LogP contribution in [0.2, 0.25) is 0 Å². The second kappa shape index (κ2) is 8.49. The third kappa shape index (κ3) is 3.92. The highest BCUT2D eigenvalue weighted by atomic mass is 32.1. The summed E-state index contributed by atoms with van der Waals surface area (Å²) in [5, 5.41) is 11.4. The van der Waals surface area contributed by atoms with Crippen LogP contribution in [0.1, 0.15) is 27.2 Å². The van der Waals surface area contributed by atoms with Gasteiger partial charge in [-0.25, -0.2) is 4.98 Å². The molecule has 0 radical (unpaired) electrons. The average molecular weight is 438 g/mol. The number of carbonyl (C=O) groups is 2. The zero-order chi connectivity index (χ0) is 22.1. The molecule has 3 heterocycles. The van der Waals surface area contributed by atoms with Crippen LogP contribution in [0.25, 0.3) is 10.6 Å². The Labute approximate surface area is 184 Å². The number of Topliss-reactive ketones (excluding diaryl/α,β-unsaturated/α-hetero) is 1. The summed E-state index contributed by atoms with van der Waals surface area (Å²) in [6, 6.07) is 12.2. The highest BCUT2D eigenvalue weighted by molar-refractivity contribution is 7.17. The van der Waals surface area contributed by atoms with Crippen LogP contribution in [0, 0.1) is 6.92 Å². The number of furan rings is 1. The third-order valence-corrected chi connectivity index (χ3v) is 6.38. The Kier molecular flexibility index (Phi) is 5.75. The van der Waals surface area contributed by atoms with E-state index in [0.717, 1.165) is 5.56 Å². The zero-order valence-electron chi connectivity index (χ0n) is 17.5. The van der Waals surface area contributed by atoms with E-state index < -0.39 is 23.5 Å². The van der Waals surface area contributed by atoms with Gasteiger partial charge in [-0.1, -0.05) is 30.3 Å². The number of aliphatic hydroxyl groups is 1. The van der Waals surface area contributed by atoms with Gasteiger partial charge in [0, 0.05) is 18.7 Å². The summed E-state index contributed by atoms with van der Waals surface area (Å²) in [5.74, 6) is -1.07. The average Bonchev–Trinajstić information content (AvgIpc) is 3.47. The lowest BCUT2D eigenvalue weighted by atomic mass is 9.99. The molecule has 1 amide bonds. The second-order valence-corrected chi connectivity index (χ2v) is 8.61. The Morgan fingerprint density at radius 3 is 2.61 bits per heavy atom. The number of thiazole rings is 1. The summed E-state index contributed by atoms with van der Waals surface area (Å²) < 4.78 is 5.55. The van der Waals surface area contributed by atoms with E-state index in [9.17, 15) is 14.7 Å². The predicted molar refractivity (Wildman–Crippen MR) is 118 cm³/mol. The molecular weight excluding hydrogens is 414 g/mol. The third-order valence-electron chi connectivity index (χ3n) is 5.17. The molecule has 8 heteroatoms. The molecule has 3 aromatic rings. The molecule has 2 aromatic heterocycles. The maximum absolute atomic E-state index is 13.6. The zero-order valence-corrected chi connectivity index (χ0v) is 18.3. The first-order chi connectivity index (χ1) is 14.9. The summed E-state index contributed by atoms with van der Waals surface area (Å²) in [6.45, 7) is 2.68. The van der Waals surface area contributed by atoms with Gasteiger partial charge in [0.25, 0.3) is 5.91 Å². The van der Waals surface area contributed by atoms with Crippen LogP contribution in [0.15, 0.2) is 64.5 Å². The summed E-state index contributed by atoms with van der Waals surface area (Å²) in [6.07, 6.45) is 1.49. The first-order valence-electron chi connectivity index (χ1n) is 9.88. The monoisotopic (exact) mass is 437 g/mol. The maximum atomic E-state index is 13.6. The van der Waals surface area contributed by atoms with Crippen LogP contribution < -0.4 is 0 Å². The number of likely N-dealkylation sites (N-methyl/N-ethyl adjacent to an activating group) is 1. The number of aryl methyl sites for hydroxylation is 1. The van der Waals surface area contributed by atoms with Crippen LogP contribution >= 0.6 is 11.3 Å².